The van der Waals surface area contributed by atoms with Gasteiger partial charge in [-0.1, -0.05) is 26.0 Å². The second-order valence-electron chi connectivity index (χ2n) is 7.28. The lowest BCUT2D eigenvalue weighted by Gasteiger charge is -2.23. The van der Waals surface area contributed by atoms with Crippen LogP contribution in [0.3, 0.4) is 0 Å². The highest BCUT2D eigenvalue weighted by Crippen LogP contribution is 2.25. The van der Waals surface area contributed by atoms with Crippen molar-refractivity contribution in [3.05, 3.63) is 53.6 Å². The molecule has 0 unspecified atom stereocenters. The van der Waals surface area contributed by atoms with Crippen LogP contribution in [0.5, 0.6) is 11.5 Å². The summed E-state index contributed by atoms with van der Waals surface area (Å²) in [7, 11) is 7.02. The summed E-state index contributed by atoms with van der Waals surface area (Å²) >= 11 is 0. The molecule has 30 heavy (non-hydrogen) atoms. The van der Waals surface area contributed by atoms with Gasteiger partial charge in [0.15, 0.2) is 5.96 Å². The number of hydrogen-bond donors (Lipinski definition) is 2. The number of benzene rings is 2. The monoisotopic (exact) mass is 412 g/mol. The zero-order chi connectivity index (χ0) is 22.1. The van der Waals surface area contributed by atoms with Crippen LogP contribution in [-0.4, -0.2) is 45.1 Å². The second kappa shape index (κ2) is 11.1. The smallest absolute Gasteiger partial charge is 0.226 e. The van der Waals surface area contributed by atoms with E-state index in [9.17, 15) is 4.79 Å². The molecule has 0 spiro atoms. The Bertz CT molecular complexity index is 863. The highest BCUT2D eigenvalue weighted by Gasteiger charge is 2.12. The Labute approximate surface area is 179 Å². The third kappa shape index (κ3) is 6.40. The van der Waals surface area contributed by atoms with Gasteiger partial charge >= 0.3 is 0 Å². The summed E-state index contributed by atoms with van der Waals surface area (Å²) in [5.74, 6) is 2.26. The maximum atomic E-state index is 11.8. The molecule has 0 aliphatic carbocycles. The highest BCUT2D eigenvalue weighted by molar-refractivity contribution is 5.92. The SMILES string of the molecule is CN=C(NCc1ccc(NC(=O)C(C)C)cc1)N(C)Cc1ccc(OC)cc1OC. The van der Waals surface area contributed by atoms with Gasteiger partial charge in [0.05, 0.1) is 14.2 Å². The molecule has 0 saturated heterocycles. The minimum atomic E-state index is -0.0467. The maximum Gasteiger partial charge on any atom is 0.226 e. The molecule has 2 rings (SSSR count). The van der Waals surface area contributed by atoms with Crippen molar-refractivity contribution in [3.63, 3.8) is 0 Å². The van der Waals surface area contributed by atoms with Gasteiger partial charge in [0.2, 0.25) is 5.91 Å². The number of nitrogens with one attached hydrogen (secondary N) is 2. The van der Waals surface area contributed by atoms with Crippen LogP contribution in [0, 0.1) is 5.92 Å². The standard InChI is InChI=1S/C23H32N4O3/c1-16(2)22(28)26-19-10-7-17(8-11-19)14-25-23(24-3)27(4)15-18-9-12-20(29-5)13-21(18)30-6/h7-13,16H,14-15H2,1-6H3,(H,24,25)(H,26,28). The Hall–Kier alpha value is -3.22. The number of aliphatic imine (C=N–C) groups is 1. The Morgan fingerprint density at radius 2 is 1.80 bits per heavy atom. The second-order valence-corrected chi connectivity index (χ2v) is 7.28. The molecular formula is C23H32N4O3. The van der Waals surface area contributed by atoms with E-state index in [4.69, 9.17) is 9.47 Å². The summed E-state index contributed by atoms with van der Waals surface area (Å²) in [6.45, 7) is 5.00. The highest BCUT2D eigenvalue weighted by atomic mass is 16.5. The topological polar surface area (TPSA) is 75.2 Å². The van der Waals surface area contributed by atoms with Crippen LogP contribution >= 0.6 is 0 Å². The van der Waals surface area contributed by atoms with E-state index < -0.39 is 0 Å². The molecule has 2 N–H and O–H groups in total. The third-order valence-electron chi connectivity index (χ3n) is 4.67. The molecule has 0 atom stereocenters. The third-order valence-corrected chi connectivity index (χ3v) is 4.67. The molecule has 0 fully saturated rings. The first-order chi connectivity index (χ1) is 14.4. The van der Waals surface area contributed by atoms with Crippen molar-refractivity contribution in [1.29, 1.82) is 0 Å². The Balaban J connectivity index is 1.96. The summed E-state index contributed by atoms with van der Waals surface area (Å²) in [6, 6.07) is 13.6. The van der Waals surface area contributed by atoms with Crippen molar-refractivity contribution in [1.82, 2.24) is 10.2 Å². The van der Waals surface area contributed by atoms with E-state index in [1.807, 2.05) is 68.3 Å². The van der Waals surface area contributed by atoms with Crippen LogP contribution in [0.25, 0.3) is 0 Å². The minimum Gasteiger partial charge on any atom is -0.497 e. The molecule has 0 heterocycles. The Kier molecular flexibility index (Phi) is 8.53. The van der Waals surface area contributed by atoms with Gasteiger partial charge in [-0.05, 0) is 29.8 Å². The normalized spacial score (nSPS) is 11.2. The number of carbonyl (C=O) groups excluding carboxylic acids is 1. The number of amides is 1. The lowest BCUT2D eigenvalue weighted by atomic mass is 10.1. The van der Waals surface area contributed by atoms with Gasteiger partial charge < -0.3 is 25.0 Å². The molecule has 7 nitrogen and oxygen atoms in total. The molecule has 2 aromatic carbocycles. The fourth-order valence-electron chi connectivity index (χ4n) is 2.87. The molecule has 162 valence electrons. The van der Waals surface area contributed by atoms with E-state index in [2.05, 4.69) is 15.6 Å². The predicted molar refractivity (Wildman–Crippen MR) is 121 cm³/mol. The van der Waals surface area contributed by atoms with Crippen molar-refractivity contribution in [2.24, 2.45) is 10.9 Å². The van der Waals surface area contributed by atoms with E-state index in [-0.39, 0.29) is 11.8 Å². The van der Waals surface area contributed by atoms with Crippen LogP contribution in [0.4, 0.5) is 5.69 Å². The average Bonchev–Trinajstić information content (AvgIpc) is 2.75. The molecule has 1 amide bonds. The summed E-state index contributed by atoms with van der Waals surface area (Å²) in [5, 5.41) is 6.26. The molecular weight excluding hydrogens is 380 g/mol. The average molecular weight is 413 g/mol. The van der Waals surface area contributed by atoms with E-state index in [1.165, 1.54) is 0 Å². The molecule has 0 aromatic heterocycles. The van der Waals surface area contributed by atoms with Crippen molar-refractivity contribution < 1.29 is 14.3 Å². The number of ether oxygens (including phenoxy) is 2. The largest absolute Gasteiger partial charge is 0.497 e. The van der Waals surface area contributed by atoms with Crippen LogP contribution < -0.4 is 20.1 Å². The number of methoxy groups -OCH3 is 2. The number of anilines is 1. The fraction of sp³-hybridized carbons (Fsp3) is 0.391. The summed E-state index contributed by atoms with van der Waals surface area (Å²) in [4.78, 5) is 18.2. The van der Waals surface area contributed by atoms with Gasteiger partial charge in [-0.3, -0.25) is 9.79 Å². The van der Waals surface area contributed by atoms with Gasteiger partial charge in [0.1, 0.15) is 11.5 Å². The maximum absolute atomic E-state index is 11.8. The van der Waals surface area contributed by atoms with Crippen molar-refractivity contribution in [2.75, 3.05) is 33.6 Å². The molecule has 0 aliphatic heterocycles. The van der Waals surface area contributed by atoms with Crippen LogP contribution in [0.1, 0.15) is 25.0 Å². The van der Waals surface area contributed by atoms with Crippen molar-refractivity contribution in [3.8, 4) is 11.5 Å². The molecule has 0 aliphatic rings. The van der Waals surface area contributed by atoms with Gasteiger partial charge in [0.25, 0.3) is 0 Å². The summed E-state index contributed by atoms with van der Waals surface area (Å²) < 4.78 is 10.7. The number of rotatable bonds is 8. The summed E-state index contributed by atoms with van der Waals surface area (Å²) in [5.41, 5.74) is 2.92. The lowest BCUT2D eigenvalue weighted by Crippen LogP contribution is -2.38. The molecule has 0 radical (unpaired) electrons. The van der Waals surface area contributed by atoms with Gasteiger partial charge in [0, 0.05) is 50.4 Å². The molecule has 0 saturated carbocycles. The van der Waals surface area contributed by atoms with Crippen LogP contribution in [0.2, 0.25) is 0 Å². The van der Waals surface area contributed by atoms with Gasteiger partial charge in [-0.15, -0.1) is 0 Å². The molecule has 0 bridgehead atoms. The van der Waals surface area contributed by atoms with E-state index in [0.717, 1.165) is 34.3 Å². The molecule has 2 aromatic rings. The first kappa shape index (κ1) is 23.1. The van der Waals surface area contributed by atoms with Crippen LogP contribution in [-0.2, 0) is 17.9 Å². The number of guanidine groups is 1. The number of nitrogens with zero attached hydrogens (tertiary/aromatic N) is 2. The zero-order valence-corrected chi connectivity index (χ0v) is 18.7. The van der Waals surface area contributed by atoms with E-state index in [0.29, 0.717) is 13.1 Å². The minimum absolute atomic E-state index is 0.0110. The first-order valence-corrected chi connectivity index (χ1v) is 9.90. The van der Waals surface area contributed by atoms with Crippen molar-refractivity contribution in [2.45, 2.75) is 26.9 Å². The summed E-state index contributed by atoms with van der Waals surface area (Å²) in [6.07, 6.45) is 0. The van der Waals surface area contributed by atoms with Gasteiger partial charge in [-0.2, -0.15) is 0 Å². The van der Waals surface area contributed by atoms with Crippen LogP contribution in [0.15, 0.2) is 47.5 Å². The Morgan fingerprint density at radius 3 is 2.37 bits per heavy atom. The lowest BCUT2D eigenvalue weighted by molar-refractivity contribution is -0.118. The van der Waals surface area contributed by atoms with Gasteiger partial charge in [-0.25, -0.2) is 0 Å². The zero-order valence-electron chi connectivity index (χ0n) is 18.7. The van der Waals surface area contributed by atoms with E-state index >= 15 is 0 Å². The Morgan fingerprint density at radius 1 is 1.10 bits per heavy atom. The van der Waals surface area contributed by atoms with E-state index in [1.54, 1.807) is 21.3 Å². The fourth-order valence-corrected chi connectivity index (χ4v) is 2.87. The first-order valence-electron chi connectivity index (χ1n) is 9.90. The molecule has 7 heteroatoms. The number of carbonyl (C=O) groups is 1. The predicted octanol–water partition coefficient (Wildman–Crippen LogP) is 3.51. The quantitative estimate of drug-likeness (QED) is 0.513. The number of hydrogen-bond acceptors (Lipinski definition) is 4. The van der Waals surface area contributed by atoms with Crippen molar-refractivity contribution >= 4 is 17.6 Å².